The highest BCUT2D eigenvalue weighted by Gasteiger charge is 2.39. The molecule has 0 saturated carbocycles. The summed E-state index contributed by atoms with van der Waals surface area (Å²) in [6.07, 6.45) is 2.28. The number of fused-ring (bicyclic) bond motifs is 5. The Balaban J connectivity index is 1.57. The summed E-state index contributed by atoms with van der Waals surface area (Å²) in [6, 6.07) is 9.55. The predicted molar refractivity (Wildman–Crippen MR) is 98.8 cm³/mol. The van der Waals surface area contributed by atoms with Crippen LogP contribution in [-0.2, 0) is 15.9 Å². The molecule has 1 heterocycles. The van der Waals surface area contributed by atoms with Crippen molar-refractivity contribution in [2.75, 3.05) is 0 Å². The van der Waals surface area contributed by atoms with E-state index < -0.39 is 5.97 Å². The normalized spacial score (nSPS) is 19.3. The van der Waals surface area contributed by atoms with E-state index in [1.165, 1.54) is 0 Å². The summed E-state index contributed by atoms with van der Waals surface area (Å²) in [5, 5.41) is 9.30. The lowest BCUT2D eigenvalue weighted by atomic mass is 10.1. The number of halogens is 2. The van der Waals surface area contributed by atoms with E-state index in [1.54, 1.807) is 12.1 Å². The Kier molecular flexibility index (Phi) is 3.18. The average Bonchev–Trinajstić information content (AvgIpc) is 3.09. The molecule has 1 N–H and O–H groups in total. The molecule has 0 saturated heterocycles. The topological polar surface area (TPSA) is 55.8 Å². The Labute approximate surface area is 160 Å². The van der Waals surface area contributed by atoms with Gasteiger partial charge in [-0.2, -0.15) is 0 Å². The molecule has 0 fully saturated rings. The number of ether oxygens (including phenoxy) is 2. The molecule has 25 heavy (non-hydrogen) atoms. The van der Waals surface area contributed by atoms with E-state index in [1.807, 2.05) is 24.3 Å². The molecule has 3 aliphatic rings. The van der Waals surface area contributed by atoms with Gasteiger partial charge in [-0.15, -0.1) is 0 Å². The van der Waals surface area contributed by atoms with Crippen LogP contribution in [0.4, 0.5) is 0 Å². The molecule has 0 bridgehead atoms. The molecule has 6 heteroatoms. The molecule has 0 radical (unpaired) electrons. The number of carboxylic acid groups (broad SMARTS) is 1. The highest BCUT2D eigenvalue weighted by Crippen LogP contribution is 2.50. The molecule has 5 rings (SSSR count). The third-order valence-corrected chi connectivity index (χ3v) is 5.79. The van der Waals surface area contributed by atoms with Gasteiger partial charge in [0, 0.05) is 26.5 Å². The van der Waals surface area contributed by atoms with Gasteiger partial charge in [0.25, 0.3) is 0 Å². The van der Waals surface area contributed by atoms with E-state index in [2.05, 4.69) is 31.9 Å². The molecule has 4 nitrogen and oxygen atoms in total. The third-order valence-electron chi connectivity index (χ3n) is 4.64. The van der Waals surface area contributed by atoms with Gasteiger partial charge in [-0.1, -0.05) is 22.0 Å². The fourth-order valence-electron chi connectivity index (χ4n) is 3.50. The SMILES string of the molecule is O=C(O)c1cc2c(cc1Br)C1=C(C2)OC2C(=Cc3ccc(Br)cc32)O1. The summed E-state index contributed by atoms with van der Waals surface area (Å²) in [7, 11) is 0. The van der Waals surface area contributed by atoms with Crippen LogP contribution in [0.15, 0.2) is 50.8 Å². The number of benzene rings is 2. The van der Waals surface area contributed by atoms with E-state index in [-0.39, 0.29) is 11.7 Å². The first-order chi connectivity index (χ1) is 12.0. The summed E-state index contributed by atoms with van der Waals surface area (Å²) < 4.78 is 13.9. The minimum atomic E-state index is -0.959. The van der Waals surface area contributed by atoms with E-state index in [9.17, 15) is 9.90 Å². The summed E-state index contributed by atoms with van der Waals surface area (Å²) >= 11 is 6.83. The van der Waals surface area contributed by atoms with E-state index >= 15 is 0 Å². The fourth-order valence-corrected chi connectivity index (χ4v) is 4.39. The molecule has 2 aromatic rings. The lowest BCUT2D eigenvalue weighted by Crippen LogP contribution is -2.12. The van der Waals surface area contributed by atoms with Gasteiger partial charge in [-0.05, 0) is 57.4 Å². The Bertz CT molecular complexity index is 1040. The quantitative estimate of drug-likeness (QED) is 0.627. The Morgan fingerprint density at radius 2 is 2.04 bits per heavy atom. The zero-order valence-electron chi connectivity index (χ0n) is 12.7. The number of hydrogen-bond acceptors (Lipinski definition) is 3. The summed E-state index contributed by atoms with van der Waals surface area (Å²) in [4.78, 5) is 11.3. The van der Waals surface area contributed by atoms with Gasteiger partial charge in [0.2, 0.25) is 0 Å². The second-order valence-corrected chi connectivity index (χ2v) is 7.91. The molecule has 2 aromatic carbocycles. The molecule has 0 spiro atoms. The van der Waals surface area contributed by atoms with Crippen molar-refractivity contribution in [3.05, 3.63) is 78.6 Å². The lowest BCUT2D eigenvalue weighted by Gasteiger charge is -2.26. The minimum absolute atomic E-state index is 0.243. The van der Waals surface area contributed by atoms with E-state index in [4.69, 9.17) is 9.47 Å². The van der Waals surface area contributed by atoms with Gasteiger partial charge in [0.05, 0.1) is 5.56 Å². The first-order valence-corrected chi connectivity index (χ1v) is 9.24. The number of aromatic carboxylic acids is 1. The van der Waals surface area contributed by atoms with Crippen molar-refractivity contribution in [1.29, 1.82) is 0 Å². The van der Waals surface area contributed by atoms with Crippen LogP contribution in [0.3, 0.4) is 0 Å². The van der Waals surface area contributed by atoms with Gasteiger partial charge >= 0.3 is 5.97 Å². The summed E-state index contributed by atoms with van der Waals surface area (Å²) in [5.74, 6) is 1.24. The van der Waals surface area contributed by atoms with Crippen molar-refractivity contribution in [1.82, 2.24) is 0 Å². The number of allylic oxidation sites excluding steroid dienone is 1. The molecule has 0 aromatic heterocycles. The van der Waals surface area contributed by atoms with Crippen LogP contribution in [-0.4, -0.2) is 11.1 Å². The maximum Gasteiger partial charge on any atom is 0.336 e. The summed E-state index contributed by atoms with van der Waals surface area (Å²) in [6.45, 7) is 0. The van der Waals surface area contributed by atoms with Crippen LogP contribution in [0.5, 0.6) is 0 Å². The first kappa shape index (κ1) is 15.2. The highest BCUT2D eigenvalue weighted by atomic mass is 79.9. The smallest absolute Gasteiger partial charge is 0.336 e. The van der Waals surface area contributed by atoms with Gasteiger partial charge in [-0.3, -0.25) is 0 Å². The maximum absolute atomic E-state index is 11.3. The second kappa shape index (κ2) is 5.22. The molecular weight excluding hydrogens is 452 g/mol. The largest absolute Gasteiger partial charge is 0.478 e. The van der Waals surface area contributed by atoms with Crippen LogP contribution in [0.25, 0.3) is 11.8 Å². The molecule has 2 aliphatic carbocycles. The molecule has 1 atom stereocenters. The number of hydrogen-bond donors (Lipinski definition) is 1. The van der Waals surface area contributed by atoms with E-state index in [0.29, 0.717) is 16.7 Å². The van der Waals surface area contributed by atoms with Crippen molar-refractivity contribution in [3.8, 4) is 0 Å². The first-order valence-electron chi connectivity index (χ1n) is 7.66. The van der Waals surface area contributed by atoms with E-state index in [0.717, 1.165) is 38.2 Å². The second-order valence-electron chi connectivity index (χ2n) is 6.14. The van der Waals surface area contributed by atoms with Crippen molar-refractivity contribution in [2.24, 2.45) is 0 Å². The van der Waals surface area contributed by atoms with Crippen molar-refractivity contribution in [2.45, 2.75) is 12.5 Å². The van der Waals surface area contributed by atoms with Gasteiger partial charge in [0.15, 0.2) is 17.6 Å². The fraction of sp³-hybridized carbons (Fsp3) is 0.105. The Morgan fingerprint density at radius 3 is 2.84 bits per heavy atom. The third kappa shape index (κ3) is 2.20. The predicted octanol–water partition coefficient (Wildman–Crippen LogP) is 5.28. The molecular formula is C19H10Br2O4. The standard InChI is InChI=1S/C19H10Br2O4/c20-10-2-1-8-4-15-17(11(8)6-10)25-16-5-9-3-13(19(22)23)14(21)7-12(9)18(16)24-15/h1-4,6-7,17H,5H2,(H,22,23). The number of carboxylic acids is 1. The highest BCUT2D eigenvalue weighted by molar-refractivity contribution is 9.10. The van der Waals surface area contributed by atoms with Crippen molar-refractivity contribution >= 4 is 49.7 Å². The van der Waals surface area contributed by atoms with Gasteiger partial charge in [0.1, 0.15) is 5.76 Å². The molecule has 1 unspecified atom stereocenters. The van der Waals surface area contributed by atoms with Crippen molar-refractivity contribution < 1.29 is 19.4 Å². The maximum atomic E-state index is 11.3. The van der Waals surface area contributed by atoms with Crippen molar-refractivity contribution in [3.63, 3.8) is 0 Å². The minimum Gasteiger partial charge on any atom is -0.478 e. The van der Waals surface area contributed by atoms with Gasteiger partial charge < -0.3 is 14.6 Å². The van der Waals surface area contributed by atoms with Crippen LogP contribution >= 0.6 is 31.9 Å². The van der Waals surface area contributed by atoms with Gasteiger partial charge in [-0.25, -0.2) is 4.79 Å². The zero-order chi connectivity index (χ0) is 17.3. The van der Waals surface area contributed by atoms with Crippen LogP contribution in [0, 0.1) is 0 Å². The lowest BCUT2D eigenvalue weighted by molar-refractivity contribution is 0.0695. The average molecular weight is 462 g/mol. The molecule has 1 aliphatic heterocycles. The number of rotatable bonds is 1. The molecule has 0 amide bonds. The summed E-state index contributed by atoms with van der Waals surface area (Å²) in [5.41, 5.74) is 4.18. The number of carbonyl (C=O) groups is 1. The monoisotopic (exact) mass is 460 g/mol. The van der Waals surface area contributed by atoms with Crippen LogP contribution in [0.2, 0.25) is 0 Å². The van der Waals surface area contributed by atoms with Crippen LogP contribution < -0.4 is 0 Å². The Hall–Kier alpha value is -2.05. The Morgan fingerprint density at radius 1 is 1.20 bits per heavy atom. The molecule has 124 valence electrons. The zero-order valence-corrected chi connectivity index (χ0v) is 15.8. The van der Waals surface area contributed by atoms with Crippen LogP contribution in [0.1, 0.15) is 38.7 Å².